The smallest absolute Gasteiger partial charge is 0.111 e. The summed E-state index contributed by atoms with van der Waals surface area (Å²) in [6.07, 6.45) is 5.68. The topological polar surface area (TPSA) is 41.6 Å². The fraction of sp³-hybridized carbons (Fsp3) is 0.529. The minimum absolute atomic E-state index is 0.498. The zero-order chi connectivity index (χ0) is 14.8. The molecule has 0 radical (unpaired) electrons. The average Bonchev–Trinajstić information content (AvgIpc) is 2.86. The van der Waals surface area contributed by atoms with E-state index in [1.165, 1.54) is 25.7 Å². The molecule has 21 heavy (non-hydrogen) atoms. The van der Waals surface area contributed by atoms with Crippen molar-refractivity contribution in [3.8, 4) is 6.07 Å². The first-order chi connectivity index (χ1) is 10.2. The number of aromatic nitrogens is 2. The van der Waals surface area contributed by atoms with Crippen LogP contribution in [0.3, 0.4) is 0 Å². The molecule has 1 aromatic heterocycles. The van der Waals surface area contributed by atoms with Crippen LogP contribution in [0.1, 0.15) is 50.0 Å². The van der Waals surface area contributed by atoms with E-state index in [0.29, 0.717) is 17.5 Å². The fourth-order valence-electron chi connectivity index (χ4n) is 3.42. The van der Waals surface area contributed by atoms with E-state index in [4.69, 9.17) is 16.6 Å². The number of hydrogen-bond acceptors (Lipinski definition) is 2. The van der Waals surface area contributed by atoms with Crippen molar-refractivity contribution < 1.29 is 0 Å². The maximum Gasteiger partial charge on any atom is 0.111 e. The average molecular weight is 302 g/mol. The molecular weight excluding hydrogens is 282 g/mol. The molecule has 2 aromatic rings. The minimum Gasteiger partial charge on any atom is -0.325 e. The summed E-state index contributed by atoms with van der Waals surface area (Å²) in [5, 5.41) is 9.29. The van der Waals surface area contributed by atoms with Crippen molar-refractivity contribution in [2.24, 2.45) is 5.92 Å². The third-order valence-electron chi connectivity index (χ3n) is 4.58. The largest absolute Gasteiger partial charge is 0.325 e. The van der Waals surface area contributed by atoms with Crippen LogP contribution in [0.5, 0.6) is 0 Å². The van der Waals surface area contributed by atoms with Crippen LogP contribution in [-0.2, 0) is 6.42 Å². The SMILES string of the molecule is CC1CCC(n2c(CCCl)nc3c(C#N)cccc32)CC1. The van der Waals surface area contributed by atoms with Gasteiger partial charge in [0.15, 0.2) is 0 Å². The lowest BCUT2D eigenvalue weighted by Gasteiger charge is -2.29. The molecule has 0 spiro atoms. The van der Waals surface area contributed by atoms with Crippen molar-refractivity contribution in [1.29, 1.82) is 5.26 Å². The second-order valence-electron chi connectivity index (χ2n) is 6.04. The van der Waals surface area contributed by atoms with Gasteiger partial charge < -0.3 is 4.57 Å². The number of halogens is 1. The Morgan fingerprint density at radius 1 is 1.33 bits per heavy atom. The van der Waals surface area contributed by atoms with Gasteiger partial charge in [0.25, 0.3) is 0 Å². The summed E-state index contributed by atoms with van der Waals surface area (Å²) in [6, 6.07) is 8.63. The van der Waals surface area contributed by atoms with Gasteiger partial charge in [-0.15, -0.1) is 11.6 Å². The van der Waals surface area contributed by atoms with E-state index in [1.54, 1.807) is 0 Å². The lowest BCUT2D eigenvalue weighted by molar-refractivity contribution is 0.290. The van der Waals surface area contributed by atoms with Crippen LogP contribution in [0.25, 0.3) is 11.0 Å². The molecule has 1 saturated carbocycles. The molecule has 1 aliphatic rings. The number of nitriles is 1. The Kier molecular flexibility index (Phi) is 4.17. The van der Waals surface area contributed by atoms with Crippen LogP contribution in [0.15, 0.2) is 18.2 Å². The molecule has 0 aliphatic heterocycles. The first kappa shape index (κ1) is 14.4. The van der Waals surface area contributed by atoms with E-state index in [2.05, 4.69) is 23.6 Å². The molecule has 1 aromatic carbocycles. The minimum atomic E-state index is 0.498. The molecule has 0 unspecified atom stereocenters. The molecule has 4 heteroatoms. The van der Waals surface area contributed by atoms with Crippen LogP contribution in [0, 0.1) is 17.2 Å². The molecule has 0 bridgehead atoms. The highest BCUT2D eigenvalue weighted by molar-refractivity contribution is 6.17. The Balaban J connectivity index is 2.10. The number of benzene rings is 1. The number of aryl methyl sites for hydroxylation is 1. The van der Waals surface area contributed by atoms with Crippen LogP contribution < -0.4 is 0 Å². The van der Waals surface area contributed by atoms with Crippen LogP contribution in [0.4, 0.5) is 0 Å². The lowest BCUT2D eigenvalue weighted by atomic mass is 9.87. The van der Waals surface area contributed by atoms with Crippen LogP contribution >= 0.6 is 11.6 Å². The number of alkyl halides is 1. The van der Waals surface area contributed by atoms with Crippen molar-refractivity contribution in [2.45, 2.75) is 45.1 Å². The van der Waals surface area contributed by atoms with Gasteiger partial charge in [-0.2, -0.15) is 5.26 Å². The third kappa shape index (κ3) is 2.65. The van der Waals surface area contributed by atoms with Gasteiger partial charge in [-0.25, -0.2) is 4.98 Å². The summed E-state index contributed by atoms with van der Waals surface area (Å²) >= 11 is 5.95. The molecule has 0 atom stereocenters. The van der Waals surface area contributed by atoms with Crippen molar-refractivity contribution in [2.75, 3.05) is 5.88 Å². The highest BCUT2D eigenvalue weighted by atomic mass is 35.5. The van der Waals surface area contributed by atoms with Crippen LogP contribution in [-0.4, -0.2) is 15.4 Å². The summed E-state index contributed by atoms with van der Waals surface area (Å²) in [5.41, 5.74) is 2.58. The molecule has 1 fully saturated rings. The highest BCUT2D eigenvalue weighted by Gasteiger charge is 2.24. The van der Waals surface area contributed by atoms with Gasteiger partial charge in [-0.1, -0.05) is 13.0 Å². The first-order valence-electron chi connectivity index (χ1n) is 7.70. The molecule has 0 amide bonds. The predicted octanol–water partition coefficient (Wildman–Crippen LogP) is 4.44. The molecule has 0 N–H and O–H groups in total. The molecular formula is C17H20ClN3. The Morgan fingerprint density at radius 3 is 2.76 bits per heavy atom. The zero-order valence-corrected chi connectivity index (χ0v) is 13.1. The Labute approximate surface area is 130 Å². The van der Waals surface area contributed by atoms with Gasteiger partial charge in [0.2, 0.25) is 0 Å². The van der Waals surface area contributed by atoms with Gasteiger partial charge >= 0.3 is 0 Å². The summed E-state index contributed by atoms with van der Waals surface area (Å²) < 4.78 is 2.35. The molecule has 0 saturated heterocycles. The van der Waals surface area contributed by atoms with Gasteiger partial charge in [0.1, 0.15) is 17.4 Å². The van der Waals surface area contributed by atoms with Crippen molar-refractivity contribution in [1.82, 2.24) is 9.55 Å². The highest BCUT2D eigenvalue weighted by Crippen LogP contribution is 2.35. The van der Waals surface area contributed by atoms with Crippen molar-refractivity contribution >= 4 is 22.6 Å². The quantitative estimate of drug-likeness (QED) is 0.786. The maximum absolute atomic E-state index is 9.29. The Hall–Kier alpha value is -1.53. The first-order valence-corrected chi connectivity index (χ1v) is 8.24. The van der Waals surface area contributed by atoms with Crippen molar-refractivity contribution in [3.63, 3.8) is 0 Å². The second-order valence-corrected chi connectivity index (χ2v) is 6.41. The molecule has 110 valence electrons. The third-order valence-corrected chi connectivity index (χ3v) is 4.77. The lowest BCUT2D eigenvalue weighted by Crippen LogP contribution is -2.19. The predicted molar refractivity (Wildman–Crippen MR) is 85.5 cm³/mol. The van der Waals surface area contributed by atoms with Gasteiger partial charge in [-0.05, 0) is 43.7 Å². The Bertz CT molecular complexity index is 675. The van der Waals surface area contributed by atoms with E-state index in [0.717, 1.165) is 29.2 Å². The standard InChI is InChI=1S/C17H20ClN3/c1-12-5-7-14(8-6-12)21-15-4-2-3-13(11-19)17(15)20-16(21)9-10-18/h2-4,12,14H,5-10H2,1H3. The van der Waals surface area contributed by atoms with Crippen LogP contribution in [0.2, 0.25) is 0 Å². The number of imidazole rings is 1. The van der Waals surface area contributed by atoms with Crippen molar-refractivity contribution in [3.05, 3.63) is 29.6 Å². The Morgan fingerprint density at radius 2 is 2.10 bits per heavy atom. The number of rotatable bonds is 3. The number of nitrogens with zero attached hydrogens (tertiary/aromatic N) is 3. The van der Waals surface area contributed by atoms with Gasteiger partial charge in [0, 0.05) is 18.3 Å². The number of para-hydroxylation sites is 1. The van der Waals surface area contributed by atoms with E-state index in [9.17, 15) is 5.26 Å². The summed E-state index contributed by atoms with van der Waals surface area (Å²) in [5.74, 6) is 2.42. The number of hydrogen-bond donors (Lipinski definition) is 0. The summed E-state index contributed by atoms with van der Waals surface area (Å²) in [7, 11) is 0. The monoisotopic (exact) mass is 301 g/mol. The fourth-order valence-corrected chi connectivity index (χ4v) is 3.59. The van der Waals surface area contributed by atoms with Gasteiger partial charge in [-0.3, -0.25) is 0 Å². The normalized spacial score (nSPS) is 22.3. The number of fused-ring (bicyclic) bond motifs is 1. The zero-order valence-electron chi connectivity index (χ0n) is 12.3. The van der Waals surface area contributed by atoms with Gasteiger partial charge in [0.05, 0.1) is 11.1 Å². The van der Waals surface area contributed by atoms with E-state index in [1.807, 2.05) is 12.1 Å². The molecule has 1 aliphatic carbocycles. The van der Waals surface area contributed by atoms with E-state index in [-0.39, 0.29) is 0 Å². The maximum atomic E-state index is 9.29. The molecule has 3 rings (SSSR count). The van der Waals surface area contributed by atoms with E-state index < -0.39 is 0 Å². The molecule has 3 nitrogen and oxygen atoms in total. The summed E-state index contributed by atoms with van der Waals surface area (Å²) in [4.78, 5) is 4.72. The summed E-state index contributed by atoms with van der Waals surface area (Å²) in [6.45, 7) is 2.33. The van der Waals surface area contributed by atoms with E-state index >= 15 is 0 Å². The molecule has 1 heterocycles. The second kappa shape index (κ2) is 6.07.